The predicted octanol–water partition coefficient (Wildman–Crippen LogP) is 5.25. The van der Waals surface area contributed by atoms with Crippen molar-refractivity contribution < 1.29 is 19.8 Å². The van der Waals surface area contributed by atoms with E-state index >= 15 is 0 Å². The Balaban J connectivity index is 1.97. The Kier molecular flexibility index (Phi) is 5.35. The van der Waals surface area contributed by atoms with Crippen LogP contribution in [0.15, 0.2) is 66.2 Å². The molecule has 1 heterocycles. The van der Waals surface area contributed by atoms with Crippen LogP contribution >= 0.6 is 0 Å². The molecule has 0 bridgehead atoms. The van der Waals surface area contributed by atoms with E-state index in [9.17, 15) is 19.8 Å². The van der Waals surface area contributed by atoms with E-state index in [1.54, 1.807) is 18.2 Å². The first-order chi connectivity index (χ1) is 15.2. The fourth-order valence-electron chi connectivity index (χ4n) is 4.20. The van der Waals surface area contributed by atoms with Gasteiger partial charge in [0.15, 0.2) is 0 Å². The summed E-state index contributed by atoms with van der Waals surface area (Å²) in [6.07, 6.45) is 0. The predicted molar refractivity (Wildman–Crippen MR) is 125 cm³/mol. The maximum Gasteiger partial charge on any atom is 0.300 e. The zero-order valence-corrected chi connectivity index (χ0v) is 18.5. The minimum atomic E-state index is -0.821. The standard InChI is InChI=1S/C27H25NO4/c1-15-11-16(2)13-21(12-15)28-24(19-7-9-22(29)10-8-19)23(26(31)27(28)32)25(30)20-6-5-17(3)18(4)14-20/h5-14,24,29-30H,1-4H3/b25-23-. The van der Waals surface area contributed by atoms with E-state index in [0.29, 0.717) is 16.8 Å². The second-order valence-electron chi connectivity index (χ2n) is 8.41. The van der Waals surface area contributed by atoms with Crippen molar-refractivity contribution in [2.24, 2.45) is 0 Å². The number of carbonyl (C=O) groups is 2. The van der Waals surface area contributed by atoms with Crippen LogP contribution in [-0.2, 0) is 9.59 Å². The number of amides is 1. The minimum absolute atomic E-state index is 0.0307. The van der Waals surface area contributed by atoms with Crippen LogP contribution in [0.25, 0.3) is 5.76 Å². The van der Waals surface area contributed by atoms with Gasteiger partial charge in [0.1, 0.15) is 11.5 Å². The smallest absolute Gasteiger partial charge is 0.300 e. The van der Waals surface area contributed by atoms with Crippen molar-refractivity contribution in [1.82, 2.24) is 0 Å². The summed E-state index contributed by atoms with van der Waals surface area (Å²) in [7, 11) is 0. The van der Waals surface area contributed by atoms with Gasteiger partial charge in [-0.05, 0) is 85.8 Å². The fraction of sp³-hybridized carbons (Fsp3) is 0.185. The molecule has 2 N–H and O–H groups in total. The summed E-state index contributed by atoms with van der Waals surface area (Å²) in [6, 6.07) is 16.6. The summed E-state index contributed by atoms with van der Waals surface area (Å²) < 4.78 is 0. The first-order valence-electron chi connectivity index (χ1n) is 10.4. The highest BCUT2D eigenvalue weighted by Crippen LogP contribution is 2.43. The first-order valence-corrected chi connectivity index (χ1v) is 10.4. The molecule has 5 heteroatoms. The lowest BCUT2D eigenvalue weighted by Gasteiger charge is -2.26. The summed E-state index contributed by atoms with van der Waals surface area (Å²) in [5, 5.41) is 21.0. The number of phenols is 1. The second-order valence-corrected chi connectivity index (χ2v) is 8.41. The van der Waals surface area contributed by atoms with Gasteiger partial charge in [-0.15, -0.1) is 0 Å². The van der Waals surface area contributed by atoms with E-state index in [1.165, 1.54) is 17.0 Å². The molecule has 1 saturated heterocycles. The highest BCUT2D eigenvalue weighted by atomic mass is 16.3. The lowest BCUT2D eigenvalue weighted by atomic mass is 9.94. The Morgan fingerprint density at radius 3 is 2.03 bits per heavy atom. The van der Waals surface area contributed by atoms with Gasteiger partial charge in [-0.1, -0.05) is 30.3 Å². The van der Waals surface area contributed by atoms with Crippen LogP contribution < -0.4 is 4.90 Å². The van der Waals surface area contributed by atoms with E-state index in [1.807, 2.05) is 58.0 Å². The van der Waals surface area contributed by atoms with Crippen LogP contribution in [0.3, 0.4) is 0 Å². The number of aliphatic hydroxyl groups is 1. The number of phenolic OH excluding ortho intramolecular Hbond substituents is 1. The number of anilines is 1. The first kappa shape index (κ1) is 21.4. The Bertz CT molecular complexity index is 1250. The molecule has 1 aliphatic rings. The Morgan fingerprint density at radius 2 is 1.44 bits per heavy atom. The van der Waals surface area contributed by atoms with Crippen LogP contribution in [0.1, 0.15) is 39.4 Å². The zero-order chi connectivity index (χ0) is 23.2. The van der Waals surface area contributed by atoms with Crippen LogP contribution in [0.4, 0.5) is 5.69 Å². The lowest BCUT2D eigenvalue weighted by Crippen LogP contribution is -2.29. The maximum atomic E-state index is 13.2. The number of benzene rings is 3. The molecule has 0 saturated carbocycles. The van der Waals surface area contributed by atoms with Crippen LogP contribution in [0.2, 0.25) is 0 Å². The average molecular weight is 428 g/mol. The van der Waals surface area contributed by atoms with E-state index in [4.69, 9.17) is 0 Å². The van der Waals surface area contributed by atoms with Gasteiger partial charge >= 0.3 is 0 Å². The summed E-state index contributed by atoms with van der Waals surface area (Å²) in [5.74, 6) is -1.57. The number of carbonyl (C=O) groups excluding carboxylic acids is 2. The lowest BCUT2D eigenvalue weighted by molar-refractivity contribution is -0.132. The van der Waals surface area contributed by atoms with E-state index in [2.05, 4.69) is 0 Å². The molecule has 3 aromatic rings. The molecule has 1 amide bonds. The van der Waals surface area contributed by atoms with E-state index < -0.39 is 17.7 Å². The van der Waals surface area contributed by atoms with E-state index in [0.717, 1.165) is 22.3 Å². The molecular formula is C27H25NO4. The molecule has 1 unspecified atom stereocenters. The van der Waals surface area contributed by atoms with Crippen LogP contribution in [-0.4, -0.2) is 21.9 Å². The van der Waals surface area contributed by atoms with Crippen molar-refractivity contribution in [1.29, 1.82) is 0 Å². The average Bonchev–Trinajstić information content (AvgIpc) is 3.00. The van der Waals surface area contributed by atoms with Gasteiger partial charge in [0.05, 0.1) is 11.6 Å². The largest absolute Gasteiger partial charge is 0.508 e. The number of hydrogen-bond donors (Lipinski definition) is 2. The monoisotopic (exact) mass is 427 g/mol. The van der Waals surface area contributed by atoms with E-state index in [-0.39, 0.29) is 17.1 Å². The third-order valence-electron chi connectivity index (χ3n) is 5.92. The highest BCUT2D eigenvalue weighted by Gasteiger charge is 2.47. The zero-order valence-electron chi connectivity index (χ0n) is 18.5. The molecule has 162 valence electrons. The normalized spacial score (nSPS) is 17.8. The Hall–Kier alpha value is -3.86. The number of aromatic hydroxyl groups is 1. The van der Waals surface area contributed by atoms with Crippen molar-refractivity contribution >= 4 is 23.1 Å². The van der Waals surface area contributed by atoms with Crippen LogP contribution in [0, 0.1) is 27.7 Å². The molecule has 5 nitrogen and oxygen atoms in total. The number of aryl methyl sites for hydroxylation is 4. The highest BCUT2D eigenvalue weighted by molar-refractivity contribution is 6.51. The van der Waals surface area contributed by atoms with Crippen molar-refractivity contribution in [3.8, 4) is 5.75 Å². The van der Waals surface area contributed by atoms with Crippen molar-refractivity contribution in [3.05, 3.63) is 99.6 Å². The number of nitrogens with zero attached hydrogens (tertiary/aromatic N) is 1. The molecule has 0 aromatic heterocycles. The van der Waals surface area contributed by atoms with Crippen molar-refractivity contribution in [2.45, 2.75) is 33.7 Å². The number of ketones is 1. The van der Waals surface area contributed by atoms with Gasteiger partial charge in [0.25, 0.3) is 11.7 Å². The third-order valence-corrected chi connectivity index (χ3v) is 5.92. The van der Waals surface area contributed by atoms with Gasteiger partial charge < -0.3 is 10.2 Å². The van der Waals surface area contributed by atoms with Crippen molar-refractivity contribution in [3.63, 3.8) is 0 Å². The van der Waals surface area contributed by atoms with Gasteiger partial charge in [0.2, 0.25) is 0 Å². The number of Topliss-reactive ketones (excluding diaryl/α,β-unsaturated/α-hetero) is 1. The summed E-state index contributed by atoms with van der Waals surface area (Å²) in [5.41, 5.74) is 5.67. The quantitative estimate of drug-likeness (QED) is 0.340. The molecule has 4 rings (SSSR count). The molecule has 1 fully saturated rings. The molecule has 1 atom stereocenters. The fourth-order valence-corrected chi connectivity index (χ4v) is 4.20. The van der Waals surface area contributed by atoms with Crippen molar-refractivity contribution in [2.75, 3.05) is 4.90 Å². The molecule has 0 radical (unpaired) electrons. The molecule has 0 spiro atoms. The number of hydrogen-bond acceptors (Lipinski definition) is 4. The Labute approximate surface area is 187 Å². The molecule has 0 aliphatic carbocycles. The number of rotatable bonds is 3. The SMILES string of the molecule is Cc1cc(C)cc(N2C(=O)C(=O)/C(=C(\O)c3ccc(C)c(C)c3)C2c2ccc(O)cc2)c1. The topological polar surface area (TPSA) is 77.8 Å². The summed E-state index contributed by atoms with van der Waals surface area (Å²) >= 11 is 0. The molecule has 1 aliphatic heterocycles. The van der Waals surface area contributed by atoms with Gasteiger partial charge in [-0.25, -0.2) is 0 Å². The molecule has 32 heavy (non-hydrogen) atoms. The molecule has 3 aromatic carbocycles. The van der Waals surface area contributed by atoms with Crippen LogP contribution in [0.5, 0.6) is 5.75 Å². The Morgan fingerprint density at radius 1 is 0.812 bits per heavy atom. The third kappa shape index (κ3) is 3.66. The number of aliphatic hydroxyl groups excluding tert-OH is 1. The second kappa shape index (κ2) is 8.00. The van der Waals surface area contributed by atoms with Gasteiger partial charge in [-0.3, -0.25) is 14.5 Å². The molecular weight excluding hydrogens is 402 g/mol. The van der Waals surface area contributed by atoms with Gasteiger partial charge in [0, 0.05) is 11.3 Å². The summed E-state index contributed by atoms with van der Waals surface area (Å²) in [6.45, 7) is 7.75. The summed E-state index contributed by atoms with van der Waals surface area (Å²) in [4.78, 5) is 27.9. The van der Waals surface area contributed by atoms with Gasteiger partial charge in [-0.2, -0.15) is 0 Å². The maximum absolute atomic E-state index is 13.2. The minimum Gasteiger partial charge on any atom is -0.508 e.